The van der Waals surface area contributed by atoms with Crippen molar-refractivity contribution in [3.8, 4) is 0 Å². The Balaban J connectivity index is 5.04. The van der Waals surface area contributed by atoms with Crippen LogP contribution in [-0.4, -0.2) is 48.4 Å². The summed E-state index contributed by atoms with van der Waals surface area (Å²) in [5.74, 6) is -1.96. The number of hydrogen-bond donors (Lipinski definition) is 1. The third-order valence-corrected chi connectivity index (χ3v) is 6.03. The van der Waals surface area contributed by atoms with Crippen LogP contribution in [0.3, 0.4) is 0 Å². The lowest BCUT2D eigenvalue weighted by Crippen LogP contribution is -2.45. The molecule has 0 aliphatic rings. The third-order valence-electron chi connectivity index (χ3n) is 6.03. The average molecular weight is 473 g/mol. The van der Waals surface area contributed by atoms with Crippen LogP contribution in [0.4, 0.5) is 0 Å². The van der Waals surface area contributed by atoms with E-state index < -0.39 is 36.4 Å². The van der Waals surface area contributed by atoms with Crippen molar-refractivity contribution in [1.29, 1.82) is 0 Å². The largest absolute Gasteiger partial charge is 0.465 e. The van der Waals surface area contributed by atoms with E-state index in [4.69, 9.17) is 14.2 Å². The fraction of sp³-hybridized carbons (Fsp3) is 0.885. The Morgan fingerprint density at radius 2 is 1.12 bits per heavy atom. The van der Waals surface area contributed by atoms with Crippen LogP contribution in [0.5, 0.6) is 0 Å². The molecular formula is C26H48O7. The van der Waals surface area contributed by atoms with E-state index in [0.717, 1.165) is 57.8 Å². The number of carbonyl (C=O) groups excluding carboxylic acids is 3. The molecule has 33 heavy (non-hydrogen) atoms. The number of carbonyl (C=O) groups is 3. The molecule has 0 aromatic carbocycles. The Kier molecular flexibility index (Phi) is 17.8. The van der Waals surface area contributed by atoms with Gasteiger partial charge in [-0.25, -0.2) is 4.79 Å². The summed E-state index contributed by atoms with van der Waals surface area (Å²) in [6, 6.07) is 0. The standard InChI is InChI=1S/C26H48O7/c1-6-11-14-21(9-4)19-32-23(27)17-26(30,25(29)31-16-13-8-3)18-24(28)33-20-22(10-5)15-12-7-2/h21-22,30H,6-20H2,1-5H3. The van der Waals surface area contributed by atoms with Crippen molar-refractivity contribution < 1.29 is 33.7 Å². The first-order valence-electron chi connectivity index (χ1n) is 13.0. The van der Waals surface area contributed by atoms with Crippen LogP contribution >= 0.6 is 0 Å². The van der Waals surface area contributed by atoms with E-state index >= 15 is 0 Å². The lowest BCUT2D eigenvalue weighted by Gasteiger charge is -2.25. The van der Waals surface area contributed by atoms with Crippen molar-refractivity contribution >= 4 is 17.9 Å². The van der Waals surface area contributed by atoms with Gasteiger partial charge in [-0.1, -0.05) is 79.6 Å². The predicted octanol–water partition coefficient (Wildman–Crippen LogP) is 5.36. The third kappa shape index (κ3) is 14.3. The van der Waals surface area contributed by atoms with Gasteiger partial charge in [0.1, 0.15) is 0 Å². The first kappa shape index (κ1) is 31.4. The van der Waals surface area contributed by atoms with Crippen molar-refractivity contribution in [2.24, 2.45) is 11.8 Å². The zero-order valence-electron chi connectivity index (χ0n) is 21.7. The molecular weight excluding hydrogens is 424 g/mol. The van der Waals surface area contributed by atoms with Gasteiger partial charge in [-0.15, -0.1) is 0 Å². The first-order valence-corrected chi connectivity index (χ1v) is 13.0. The quantitative estimate of drug-likeness (QED) is 0.145. The van der Waals surface area contributed by atoms with Crippen molar-refractivity contribution in [2.45, 2.75) is 117 Å². The second-order valence-electron chi connectivity index (χ2n) is 9.07. The summed E-state index contributed by atoms with van der Waals surface area (Å²) in [5, 5.41) is 11.0. The maximum absolute atomic E-state index is 12.6. The number of aliphatic hydroxyl groups is 1. The second kappa shape index (κ2) is 18.8. The van der Waals surface area contributed by atoms with E-state index in [1.54, 1.807) is 0 Å². The van der Waals surface area contributed by atoms with Gasteiger partial charge >= 0.3 is 17.9 Å². The Hall–Kier alpha value is -1.63. The van der Waals surface area contributed by atoms with Gasteiger partial charge in [0.05, 0.1) is 32.7 Å². The maximum atomic E-state index is 12.6. The van der Waals surface area contributed by atoms with E-state index in [1.807, 2.05) is 20.8 Å². The highest BCUT2D eigenvalue weighted by Gasteiger charge is 2.43. The molecule has 0 rings (SSSR count). The van der Waals surface area contributed by atoms with Crippen LogP contribution in [0.25, 0.3) is 0 Å². The molecule has 0 spiro atoms. The fourth-order valence-electron chi connectivity index (χ4n) is 3.45. The highest BCUT2D eigenvalue weighted by atomic mass is 16.6. The van der Waals surface area contributed by atoms with Crippen LogP contribution in [0.2, 0.25) is 0 Å². The number of esters is 3. The molecule has 1 N–H and O–H groups in total. The maximum Gasteiger partial charge on any atom is 0.339 e. The molecule has 0 aromatic heterocycles. The molecule has 0 fully saturated rings. The average Bonchev–Trinajstić information content (AvgIpc) is 2.79. The van der Waals surface area contributed by atoms with Gasteiger partial charge in [0, 0.05) is 0 Å². The second-order valence-corrected chi connectivity index (χ2v) is 9.07. The molecule has 0 saturated heterocycles. The molecule has 0 heterocycles. The molecule has 2 atom stereocenters. The van der Waals surface area contributed by atoms with Gasteiger partial charge in [0.15, 0.2) is 5.60 Å². The van der Waals surface area contributed by atoms with Gasteiger partial charge in [-0.05, 0) is 31.1 Å². The smallest absolute Gasteiger partial charge is 0.339 e. The molecule has 7 heteroatoms. The molecule has 194 valence electrons. The Bertz CT molecular complexity index is 513. The molecule has 0 aromatic rings. The van der Waals surface area contributed by atoms with Crippen molar-refractivity contribution in [1.82, 2.24) is 0 Å². The highest BCUT2D eigenvalue weighted by Crippen LogP contribution is 2.22. The lowest BCUT2D eigenvalue weighted by atomic mass is 9.95. The summed E-state index contributed by atoms with van der Waals surface area (Å²) >= 11 is 0. The van der Waals surface area contributed by atoms with E-state index in [0.29, 0.717) is 6.42 Å². The first-order chi connectivity index (χ1) is 15.8. The normalized spacial score (nSPS) is 14.7. The van der Waals surface area contributed by atoms with Crippen LogP contribution in [0.1, 0.15) is 112 Å². The zero-order chi connectivity index (χ0) is 25.1. The minimum atomic E-state index is -2.29. The van der Waals surface area contributed by atoms with E-state index in [-0.39, 0.29) is 31.7 Å². The molecule has 0 aliphatic heterocycles. The minimum absolute atomic E-state index is 0.117. The fourth-order valence-corrected chi connectivity index (χ4v) is 3.45. The molecule has 0 aliphatic carbocycles. The monoisotopic (exact) mass is 472 g/mol. The van der Waals surface area contributed by atoms with Crippen LogP contribution in [0.15, 0.2) is 0 Å². The Morgan fingerprint density at radius 3 is 1.48 bits per heavy atom. The summed E-state index contributed by atoms with van der Waals surface area (Å²) in [6.07, 6.45) is 8.04. The minimum Gasteiger partial charge on any atom is -0.465 e. The summed E-state index contributed by atoms with van der Waals surface area (Å²) < 4.78 is 15.8. The SMILES string of the molecule is CCCCOC(=O)C(O)(CC(=O)OCC(CC)CCCC)CC(=O)OCC(CC)CCCC. The molecule has 0 radical (unpaired) electrons. The van der Waals surface area contributed by atoms with Crippen molar-refractivity contribution in [3.05, 3.63) is 0 Å². The van der Waals surface area contributed by atoms with Gasteiger partial charge in [-0.3, -0.25) is 9.59 Å². The van der Waals surface area contributed by atoms with Gasteiger partial charge in [0.25, 0.3) is 0 Å². The van der Waals surface area contributed by atoms with E-state index in [1.165, 1.54) is 0 Å². The molecule has 0 saturated carbocycles. The molecule has 2 unspecified atom stereocenters. The highest BCUT2D eigenvalue weighted by molar-refractivity contribution is 5.90. The number of rotatable bonds is 20. The molecule has 0 bridgehead atoms. The van der Waals surface area contributed by atoms with Gasteiger partial charge < -0.3 is 19.3 Å². The number of unbranched alkanes of at least 4 members (excludes halogenated alkanes) is 3. The van der Waals surface area contributed by atoms with Crippen LogP contribution < -0.4 is 0 Å². The summed E-state index contributed by atoms with van der Waals surface area (Å²) in [7, 11) is 0. The topological polar surface area (TPSA) is 99.1 Å². The van der Waals surface area contributed by atoms with Gasteiger partial charge in [-0.2, -0.15) is 0 Å². The van der Waals surface area contributed by atoms with Gasteiger partial charge in [0.2, 0.25) is 0 Å². The summed E-state index contributed by atoms with van der Waals surface area (Å²) in [4.78, 5) is 37.5. The molecule has 0 amide bonds. The Labute approximate surface area is 200 Å². The lowest BCUT2D eigenvalue weighted by molar-refractivity contribution is -0.178. The van der Waals surface area contributed by atoms with Crippen molar-refractivity contribution in [3.63, 3.8) is 0 Å². The number of hydrogen-bond acceptors (Lipinski definition) is 7. The predicted molar refractivity (Wildman–Crippen MR) is 129 cm³/mol. The summed E-state index contributed by atoms with van der Waals surface area (Å²) in [5.41, 5.74) is -2.29. The zero-order valence-corrected chi connectivity index (χ0v) is 21.7. The van der Waals surface area contributed by atoms with E-state index in [9.17, 15) is 19.5 Å². The van der Waals surface area contributed by atoms with Crippen molar-refractivity contribution in [2.75, 3.05) is 19.8 Å². The Morgan fingerprint density at radius 1 is 0.697 bits per heavy atom. The summed E-state index contributed by atoms with van der Waals surface area (Å²) in [6.45, 7) is 10.8. The van der Waals surface area contributed by atoms with E-state index in [2.05, 4.69) is 13.8 Å². The molecule has 7 nitrogen and oxygen atoms in total. The van der Waals surface area contributed by atoms with Crippen LogP contribution in [-0.2, 0) is 28.6 Å². The number of ether oxygens (including phenoxy) is 3. The van der Waals surface area contributed by atoms with Crippen LogP contribution in [0, 0.1) is 11.8 Å².